The molecule has 4 aliphatic rings. The van der Waals surface area contributed by atoms with Gasteiger partial charge in [-0.15, -0.1) is 11.3 Å². The average molecular weight is 907 g/mol. The molecule has 0 bridgehead atoms. The molecule has 3 nitrogen and oxygen atoms in total. The molecule has 0 spiro atoms. The van der Waals surface area contributed by atoms with Gasteiger partial charge in [-0.2, -0.15) is 0 Å². The van der Waals surface area contributed by atoms with E-state index >= 15 is 0 Å². The van der Waals surface area contributed by atoms with Crippen LogP contribution in [-0.4, -0.2) is 6.85 Å². The van der Waals surface area contributed by atoms with Crippen molar-refractivity contribution in [3.05, 3.63) is 149 Å². The maximum absolute atomic E-state index is 7.25. The first-order chi connectivity index (χ1) is 32.2. The molecule has 7 aromatic carbocycles. The number of anilines is 5. The van der Waals surface area contributed by atoms with E-state index in [1.54, 1.807) is 0 Å². The van der Waals surface area contributed by atoms with Crippen LogP contribution in [0.4, 0.5) is 28.4 Å². The molecule has 2 aliphatic carbocycles. The summed E-state index contributed by atoms with van der Waals surface area (Å²) in [7, 11) is 0. The van der Waals surface area contributed by atoms with Crippen molar-refractivity contribution in [2.24, 2.45) is 0 Å². The molecule has 9 aromatic rings. The molecule has 2 aliphatic heterocycles. The second-order valence-corrected chi connectivity index (χ2v) is 25.8. The van der Waals surface area contributed by atoms with E-state index in [4.69, 9.17) is 4.42 Å². The number of nitrogens with zero attached hydrogens (tertiary/aromatic N) is 2. The van der Waals surface area contributed by atoms with Crippen LogP contribution in [0.25, 0.3) is 53.2 Å². The molecule has 68 heavy (non-hydrogen) atoms. The number of thiophene rings is 1. The number of fused-ring (bicyclic) bond motifs is 13. The molecule has 0 saturated heterocycles. The Kier molecular flexibility index (Phi) is 8.54. The number of hydrogen-bond donors (Lipinski definition) is 0. The summed E-state index contributed by atoms with van der Waals surface area (Å²) in [6.07, 6.45) is 4.66. The Morgan fingerprint density at radius 2 is 1.13 bits per heavy atom. The first kappa shape index (κ1) is 42.3. The van der Waals surface area contributed by atoms with E-state index in [9.17, 15) is 0 Å². The van der Waals surface area contributed by atoms with E-state index in [1.165, 1.54) is 122 Å². The lowest BCUT2D eigenvalue weighted by molar-refractivity contribution is 0.331. The highest BCUT2D eigenvalue weighted by atomic mass is 32.1. The third-order valence-corrected chi connectivity index (χ3v) is 18.6. The van der Waals surface area contributed by atoms with E-state index in [2.05, 4.69) is 208 Å². The fraction of sp³-hybridized carbons (Fsp3) is 0.333. The zero-order valence-electron chi connectivity index (χ0n) is 42.1. The molecule has 0 radical (unpaired) electrons. The summed E-state index contributed by atoms with van der Waals surface area (Å²) in [5, 5.41) is 4.94. The van der Waals surface area contributed by atoms with Gasteiger partial charge in [0.15, 0.2) is 0 Å². The van der Waals surface area contributed by atoms with Crippen LogP contribution in [0.3, 0.4) is 0 Å². The SMILES string of the molecule is Cc1cc2c(cc1N1c3cc4c(cc3B3c5c1cc1c(oc6ccccc61)c5-c1cc5c(cc1N3c1ccc(C(C)(C)C)cc1)sc1ccccc15)C(C)(C)CCC4(C)C)C(C)(C)CCC2(C)C. The van der Waals surface area contributed by atoms with Crippen LogP contribution in [0.5, 0.6) is 0 Å². The number of rotatable bonds is 2. The fourth-order valence-corrected chi connectivity index (χ4v) is 14.2. The Labute approximate surface area is 407 Å². The molecule has 0 amide bonds. The quantitative estimate of drug-likeness (QED) is 0.161. The van der Waals surface area contributed by atoms with Crippen LogP contribution in [0.1, 0.15) is 135 Å². The first-order valence-electron chi connectivity index (χ1n) is 25.2. The van der Waals surface area contributed by atoms with E-state index in [1.807, 2.05) is 11.3 Å². The van der Waals surface area contributed by atoms with Crippen LogP contribution in [-0.2, 0) is 27.1 Å². The number of para-hydroxylation sites is 1. The molecule has 0 atom stereocenters. The predicted molar refractivity (Wildman–Crippen MR) is 294 cm³/mol. The molecule has 0 saturated carbocycles. The highest BCUT2D eigenvalue weighted by Gasteiger charge is 2.50. The second-order valence-electron chi connectivity index (χ2n) is 24.7. The lowest BCUT2D eigenvalue weighted by Gasteiger charge is -2.49. The largest absolute Gasteiger partial charge is 0.455 e. The third-order valence-electron chi connectivity index (χ3n) is 17.4. The normalized spacial score (nSPS) is 18.4. The molecular formula is C63H63BN2OS. The molecule has 5 heteroatoms. The maximum Gasteiger partial charge on any atom is 0.333 e. The van der Waals surface area contributed by atoms with Crippen LogP contribution < -0.4 is 20.6 Å². The first-order valence-corrected chi connectivity index (χ1v) is 26.0. The predicted octanol–water partition coefficient (Wildman–Crippen LogP) is 17.0. The molecular weight excluding hydrogens is 844 g/mol. The Bertz CT molecular complexity index is 3650. The van der Waals surface area contributed by atoms with Gasteiger partial charge in [0, 0.05) is 70.5 Å². The lowest BCUT2D eigenvalue weighted by Crippen LogP contribution is -2.62. The number of furan rings is 1. The van der Waals surface area contributed by atoms with Crippen molar-refractivity contribution in [2.45, 2.75) is 136 Å². The summed E-state index contributed by atoms with van der Waals surface area (Å²) in [6.45, 7) is 29.0. The van der Waals surface area contributed by atoms with Gasteiger partial charge >= 0.3 is 6.85 Å². The van der Waals surface area contributed by atoms with Crippen molar-refractivity contribution in [1.29, 1.82) is 0 Å². The number of aryl methyl sites for hydroxylation is 1. The summed E-state index contributed by atoms with van der Waals surface area (Å²) in [6, 6.07) is 45.3. The summed E-state index contributed by atoms with van der Waals surface area (Å²) >= 11 is 1.91. The van der Waals surface area contributed by atoms with Crippen LogP contribution in [0.2, 0.25) is 0 Å². The van der Waals surface area contributed by atoms with Crippen LogP contribution >= 0.6 is 11.3 Å². The van der Waals surface area contributed by atoms with Gasteiger partial charge in [-0.25, -0.2) is 0 Å². The molecule has 2 aromatic heterocycles. The monoisotopic (exact) mass is 906 g/mol. The highest BCUT2D eigenvalue weighted by molar-refractivity contribution is 7.25. The second kappa shape index (κ2) is 13.7. The van der Waals surface area contributed by atoms with Crippen molar-refractivity contribution in [3.8, 4) is 11.1 Å². The summed E-state index contributed by atoms with van der Waals surface area (Å²) < 4.78 is 9.87. The Morgan fingerprint density at radius 1 is 0.544 bits per heavy atom. The minimum Gasteiger partial charge on any atom is -0.455 e. The van der Waals surface area contributed by atoms with Crippen molar-refractivity contribution >= 4 is 99.7 Å². The van der Waals surface area contributed by atoms with Crippen molar-refractivity contribution in [3.63, 3.8) is 0 Å². The topological polar surface area (TPSA) is 19.6 Å². The highest BCUT2D eigenvalue weighted by Crippen LogP contribution is 2.56. The molecule has 0 fully saturated rings. The van der Waals surface area contributed by atoms with Gasteiger partial charge in [0.2, 0.25) is 0 Å². The molecule has 0 unspecified atom stereocenters. The molecule has 4 heterocycles. The summed E-state index contributed by atoms with van der Waals surface area (Å²) in [5.41, 5.74) is 22.1. The number of benzene rings is 7. The van der Waals surface area contributed by atoms with E-state index in [0.717, 1.165) is 29.4 Å². The van der Waals surface area contributed by atoms with Gasteiger partial charge in [-0.1, -0.05) is 137 Å². The van der Waals surface area contributed by atoms with Gasteiger partial charge < -0.3 is 14.1 Å². The Hall–Kier alpha value is -5.78. The van der Waals surface area contributed by atoms with Gasteiger partial charge in [0.1, 0.15) is 11.2 Å². The van der Waals surface area contributed by atoms with E-state index < -0.39 is 0 Å². The number of hydrogen-bond acceptors (Lipinski definition) is 4. The summed E-state index contributed by atoms with van der Waals surface area (Å²) in [5.74, 6) is 0. The lowest BCUT2D eigenvalue weighted by atomic mass is 9.42. The zero-order valence-corrected chi connectivity index (χ0v) is 42.9. The minimum atomic E-state index is -0.136. The van der Waals surface area contributed by atoms with Gasteiger partial charge in [-0.05, 0) is 159 Å². The third kappa shape index (κ3) is 5.84. The standard InChI is InChI=1S/C63H63BN2OS/c1-36-29-44-46(62(9,10)27-25-60(44,5)6)33-49(36)65-51-34-47-45(61(7,8)26-28-63(47,11)12)32-48(51)64-57-52(65)31-42-39-17-13-15-19-53(39)67-58(42)56(57)43-30-41-40-18-14-16-20-54(40)68-55(41)35-50(43)66(64)38-23-21-37(22-24-38)59(2,3)4/h13-24,29-35H,25-28H2,1-12H3. The average Bonchev–Trinajstić information content (AvgIpc) is 3.86. The van der Waals surface area contributed by atoms with Crippen LogP contribution in [0, 0.1) is 6.92 Å². The minimum absolute atomic E-state index is 0.0167. The molecule has 0 N–H and O–H groups in total. The smallest absolute Gasteiger partial charge is 0.333 e. The molecule has 13 rings (SSSR count). The fourth-order valence-electron chi connectivity index (χ4n) is 13.1. The maximum atomic E-state index is 7.25. The van der Waals surface area contributed by atoms with E-state index in [0.29, 0.717) is 0 Å². The zero-order chi connectivity index (χ0) is 47.2. The van der Waals surface area contributed by atoms with Crippen LogP contribution in [0.15, 0.2) is 120 Å². The molecule has 340 valence electrons. The Balaban J connectivity index is 1.23. The van der Waals surface area contributed by atoms with Gasteiger partial charge in [-0.3, -0.25) is 0 Å². The van der Waals surface area contributed by atoms with Crippen molar-refractivity contribution < 1.29 is 4.42 Å². The van der Waals surface area contributed by atoms with Crippen molar-refractivity contribution in [1.82, 2.24) is 0 Å². The summed E-state index contributed by atoms with van der Waals surface area (Å²) in [4.78, 5) is 5.45. The Morgan fingerprint density at radius 3 is 1.79 bits per heavy atom. The van der Waals surface area contributed by atoms with Gasteiger partial charge in [0.25, 0.3) is 0 Å². The van der Waals surface area contributed by atoms with Crippen molar-refractivity contribution in [2.75, 3.05) is 9.71 Å². The van der Waals surface area contributed by atoms with Gasteiger partial charge in [0.05, 0.1) is 0 Å². The van der Waals surface area contributed by atoms with E-state index in [-0.39, 0.29) is 33.9 Å².